The third-order valence-electron chi connectivity index (χ3n) is 4.30. The molecule has 0 saturated carbocycles. The molecule has 0 aliphatic heterocycles. The first-order valence-electron chi connectivity index (χ1n) is 8.67. The highest BCUT2D eigenvalue weighted by molar-refractivity contribution is 5.81. The Kier molecular flexibility index (Phi) is 5.77. The van der Waals surface area contributed by atoms with E-state index in [0.717, 1.165) is 29.3 Å². The SMILES string of the molecule is COc1ccc(-n2cc(/C=N/Nc3ccc(C(F)(F)F)cc3[N+](=O)[O-])cc2C)cc1. The molecule has 0 fully saturated rings. The summed E-state index contributed by atoms with van der Waals surface area (Å²) in [6.45, 7) is 1.90. The number of methoxy groups -OCH3 is 1. The van der Waals surface area contributed by atoms with Gasteiger partial charge in [-0.2, -0.15) is 18.3 Å². The minimum absolute atomic E-state index is 0.143. The number of rotatable bonds is 6. The molecule has 0 saturated heterocycles. The zero-order valence-corrected chi connectivity index (χ0v) is 16.0. The third-order valence-corrected chi connectivity index (χ3v) is 4.30. The molecule has 156 valence electrons. The number of nitrogens with one attached hydrogen (secondary N) is 1. The number of halogens is 3. The van der Waals surface area contributed by atoms with Crippen LogP contribution in [0.3, 0.4) is 0 Å². The van der Waals surface area contributed by atoms with Crippen molar-refractivity contribution in [2.24, 2.45) is 5.10 Å². The van der Waals surface area contributed by atoms with Crippen LogP contribution in [0.4, 0.5) is 24.5 Å². The maximum Gasteiger partial charge on any atom is 0.416 e. The van der Waals surface area contributed by atoms with E-state index in [1.54, 1.807) is 7.11 Å². The number of aromatic nitrogens is 1. The average molecular weight is 418 g/mol. The van der Waals surface area contributed by atoms with E-state index in [9.17, 15) is 23.3 Å². The highest BCUT2D eigenvalue weighted by Crippen LogP contribution is 2.35. The molecular weight excluding hydrogens is 401 g/mol. The summed E-state index contributed by atoms with van der Waals surface area (Å²) in [7, 11) is 1.58. The lowest BCUT2D eigenvalue weighted by molar-refractivity contribution is -0.384. The summed E-state index contributed by atoms with van der Waals surface area (Å²) in [5.74, 6) is 0.729. The van der Waals surface area contributed by atoms with Gasteiger partial charge in [0.05, 0.1) is 23.8 Å². The van der Waals surface area contributed by atoms with Gasteiger partial charge in [-0.15, -0.1) is 0 Å². The molecule has 0 aliphatic rings. The highest BCUT2D eigenvalue weighted by atomic mass is 19.4. The largest absolute Gasteiger partial charge is 0.497 e. The van der Waals surface area contributed by atoms with E-state index in [4.69, 9.17) is 4.74 Å². The lowest BCUT2D eigenvalue weighted by Gasteiger charge is -2.08. The Labute approximate surface area is 169 Å². The van der Waals surface area contributed by atoms with Gasteiger partial charge in [-0.05, 0) is 49.4 Å². The van der Waals surface area contributed by atoms with Crippen LogP contribution < -0.4 is 10.2 Å². The third kappa shape index (κ3) is 4.59. The van der Waals surface area contributed by atoms with Crippen molar-refractivity contribution < 1.29 is 22.8 Å². The van der Waals surface area contributed by atoms with Crippen LogP contribution in [0.25, 0.3) is 5.69 Å². The number of alkyl halides is 3. The van der Waals surface area contributed by atoms with E-state index in [0.29, 0.717) is 11.6 Å². The molecule has 0 amide bonds. The molecule has 30 heavy (non-hydrogen) atoms. The second-order valence-electron chi connectivity index (χ2n) is 6.34. The highest BCUT2D eigenvalue weighted by Gasteiger charge is 2.33. The van der Waals surface area contributed by atoms with Gasteiger partial charge < -0.3 is 9.30 Å². The van der Waals surface area contributed by atoms with Crippen LogP contribution in [0.2, 0.25) is 0 Å². The van der Waals surface area contributed by atoms with Crippen LogP contribution in [0.15, 0.2) is 59.8 Å². The van der Waals surface area contributed by atoms with Gasteiger partial charge in [0, 0.05) is 29.2 Å². The second kappa shape index (κ2) is 8.27. The standard InChI is InChI=1S/C20H17F3N4O3/c1-13-9-14(12-26(13)16-4-6-17(30-2)7-5-16)11-24-25-18-8-3-15(20(21,22)23)10-19(18)27(28)29/h3-12,25H,1-2H3/b24-11+. The molecule has 2 aromatic carbocycles. The minimum atomic E-state index is -4.67. The molecular formula is C20H17F3N4O3. The van der Waals surface area contributed by atoms with E-state index >= 15 is 0 Å². The quantitative estimate of drug-likeness (QED) is 0.340. The first-order chi connectivity index (χ1) is 14.2. The smallest absolute Gasteiger partial charge is 0.416 e. The first kappa shape index (κ1) is 20.9. The molecule has 0 radical (unpaired) electrons. The lowest BCUT2D eigenvalue weighted by atomic mass is 10.1. The summed E-state index contributed by atoms with van der Waals surface area (Å²) in [5, 5.41) is 15.0. The van der Waals surface area contributed by atoms with Crippen LogP contribution in [0.5, 0.6) is 5.75 Å². The lowest BCUT2D eigenvalue weighted by Crippen LogP contribution is -2.06. The number of nitro groups is 1. The fourth-order valence-corrected chi connectivity index (χ4v) is 2.82. The van der Waals surface area contributed by atoms with Crippen molar-refractivity contribution in [2.45, 2.75) is 13.1 Å². The summed E-state index contributed by atoms with van der Waals surface area (Å²) >= 11 is 0. The zero-order valence-electron chi connectivity index (χ0n) is 16.0. The molecule has 1 N–H and O–H groups in total. The van der Waals surface area contributed by atoms with Crippen LogP contribution in [0, 0.1) is 17.0 Å². The van der Waals surface area contributed by atoms with E-state index in [1.807, 2.05) is 48.0 Å². The first-order valence-corrected chi connectivity index (χ1v) is 8.67. The van der Waals surface area contributed by atoms with Gasteiger partial charge in [0.2, 0.25) is 0 Å². The molecule has 7 nitrogen and oxygen atoms in total. The van der Waals surface area contributed by atoms with Gasteiger partial charge in [-0.25, -0.2) is 0 Å². The average Bonchev–Trinajstić information content (AvgIpc) is 3.07. The van der Waals surface area contributed by atoms with Gasteiger partial charge in [-0.1, -0.05) is 0 Å². The Bertz CT molecular complexity index is 1090. The van der Waals surface area contributed by atoms with Gasteiger partial charge in [0.15, 0.2) is 0 Å². The number of nitrogens with zero attached hydrogens (tertiary/aromatic N) is 3. The fraction of sp³-hybridized carbons (Fsp3) is 0.150. The zero-order chi connectivity index (χ0) is 21.9. The van der Waals surface area contributed by atoms with E-state index in [-0.39, 0.29) is 5.69 Å². The number of nitro benzene ring substituents is 1. The maximum atomic E-state index is 12.8. The van der Waals surface area contributed by atoms with Gasteiger partial charge >= 0.3 is 6.18 Å². The normalized spacial score (nSPS) is 11.6. The molecule has 10 heteroatoms. The number of hydrogen-bond acceptors (Lipinski definition) is 5. The predicted octanol–water partition coefficient (Wildman–Crippen LogP) is 5.17. The van der Waals surface area contributed by atoms with E-state index in [2.05, 4.69) is 10.5 Å². The van der Waals surface area contributed by atoms with Crippen molar-refractivity contribution in [3.63, 3.8) is 0 Å². The Morgan fingerprint density at radius 2 is 1.87 bits per heavy atom. The van der Waals surface area contributed by atoms with Gasteiger partial charge in [0.25, 0.3) is 5.69 Å². The molecule has 0 atom stereocenters. The number of hydrogen-bond donors (Lipinski definition) is 1. The Balaban J connectivity index is 1.79. The number of benzene rings is 2. The van der Waals surface area contributed by atoms with E-state index in [1.165, 1.54) is 6.21 Å². The number of ether oxygens (including phenoxy) is 1. The summed E-state index contributed by atoms with van der Waals surface area (Å²) < 4.78 is 45.4. The molecule has 3 aromatic rings. The van der Waals surface area contributed by atoms with E-state index < -0.39 is 22.4 Å². The predicted molar refractivity (Wildman–Crippen MR) is 106 cm³/mol. The Hall–Kier alpha value is -3.82. The summed E-state index contributed by atoms with van der Waals surface area (Å²) in [4.78, 5) is 10.2. The molecule has 1 heterocycles. The number of aryl methyl sites for hydroxylation is 1. The fourth-order valence-electron chi connectivity index (χ4n) is 2.82. The topological polar surface area (TPSA) is 81.7 Å². The van der Waals surface area contributed by atoms with Crippen LogP contribution in [0.1, 0.15) is 16.8 Å². The van der Waals surface area contributed by atoms with Crippen molar-refractivity contribution in [1.29, 1.82) is 0 Å². The molecule has 0 aliphatic carbocycles. The van der Waals surface area contributed by atoms with Crippen molar-refractivity contribution in [3.8, 4) is 11.4 Å². The van der Waals surface area contributed by atoms with Gasteiger partial charge in [0.1, 0.15) is 11.4 Å². The Morgan fingerprint density at radius 1 is 1.17 bits per heavy atom. The minimum Gasteiger partial charge on any atom is -0.497 e. The molecule has 0 spiro atoms. The van der Waals surface area contributed by atoms with Crippen molar-refractivity contribution in [1.82, 2.24) is 4.57 Å². The van der Waals surface area contributed by atoms with Crippen molar-refractivity contribution in [3.05, 3.63) is 81.7 Å². The van der Waals surface area contributed by atoms with Crippen LogP contribution in [-0.2, 0) is 6.18 Å². The molecule has 0 unspecified atom stereocenters. The van der Waals surface area contributed by atoms with Crippen molar-refractivity contribution in [2.75, 3.05) is 12.5 Å². The monoisotopic (exact) mass is 418 g/mol. The van der Waals surface area contributed by atoms with Gasteiger partial charge in [-0.3, -0.25) is 15.5 Å². The summed E-state index contributed by atoms with van der Waals surface area (Å²) in [5.41, 5.74) is 3.00. The second-order valence-corrected chi connectivity index (χ2v) is 6.34. The van der Waals surface area contributed by atoms with Crippen molar-refractivity contribution >= 4 is 17.6 Å². The van der Waals surface area contributed by atoms with Crippen LogP contribution >= 0.6 is 0 Å². The number of hydrazone groups is 1. The molecule has 0 bridgehead atoms. The molecule has 3 rings (SSSR count). The number of anilines is 1. The summed E-state index contributed by atoms with van der Waals surface area (Å²) in [6, 6.07) is 11.5. The molecule has 1 aromatic heterocycles. The summed E-state index contributed by atoms with van der Waals surface area (Å²) in [6.07, 6.45) is -1.44. The van der Waals surface area contributed by atoms with Crippen LogP contribution in [-0.4, -0.2) is 22.8 Å². The Morgan fingerprint density at radius 3 is 2.47 bits per heavy atom. The maximum absolute atomic E-state index is 12.8.